The van der Waals surface area contributed by atoms with Gasteiger partial charge in [0.2, 0.25) is 0 Å². The summed E-state index contributed by atoms with van der Waals surface area (Å²) in [5.41, 5.74) is 2.70. The van der Waals surface area contributed by atoms with Crippen LogP contribution < -0.4 is 0 Å². The van der Waals surface area contributed by atoms with Crippen LogP contribution >= 0.6 is 0 Å². The van der Waals surface area contributed by atoms with Gasteiger partial charge in [0, 0.05) is 5.41 Å². The fourth-order valence-electron chi connectivity index (χ4n) is 4.08. The lowest BCUT2D eigenvalue weighted by Gasteiger charge is -2.49. The minimum atomic E-state index is 0.324. The molecule has 0 heteroatoms. The van der Waals surface area contributed by atoms with Crippen LogP contribution in [-0.2, 0) is 0 Å². The Bertz CT molecular complexity index is 367. The van der Waals surface area contributed by atoms with E-state index in [1.165, 1.54) is 0 Å². The number of fused-ring (bicyclic) bond motifs is 1. The van der Waals surface area contributed by atoms with Crippen LogP contribution in [0.1, 0.15) is 48.5 Å². The van der Waals surface area contributed by atoms with Crippen molar-refractivity contribution < 1.29 is 0 Å². The van der Waals surface area contributed by atoms with Gasteiger partial charge >= 0.3 is 0 Å². The van der Waals surface area contributed by atoms with E-state index in [1.54, 1.807) is 5.57 Å². The maximum Gasteiger partial charge on any atom is 0.000618 e. The molecule has 3 atom stereocenters. The Hall–Kier alpha value is -0.520. The van der Waals surface area contributed by atoms with Crippen LogP contribution in [0, 0.1) is 28.1 Å². The first-order valence-electron chi connectivity index (χ1n) is 6.56. The van der Waals surface area contributed by atoms with Crippen molar-refractivity contribution >= 4 is 0 Å². The fourth-order valence-corrected chi connectivity index (χ4v) is 4.08. The molecular formula is C16H26. The van der Waals surface area contributed by atoms with Crippen LogP contribution in [0.25, 0.3) is 0 Å². The van der Waals surface area contributed by atoms with Crippen molar-refractivity contribution in [1.29, 1.82) is 0 Å². The fraction of sp³-hybridized carbons (Fsp3) is 0.750. The zero-order chi connectivity index (χ0) is 12.4. The molecule has 0 saturated heterocycles. The molecule has 1 fully saturated rings. The van der Waals surface area contributed by atoms with Gasteiger partial charge in [0.25, 0.3) is 0 Å². The lowest BCUT2D eigenvalue weighted by molar-refractivity contribution is 0.0127. The Morgan fingerprint density at radius 3 is 2.06 bits per heavy atom. The summed E-state index contributed by atoms with van der Waals surface area (Å²) in [6.07, 6.45) is 7.01. The molecule has 0 spiro atoms. The Morgan fingerprint density at radius 2 is 1.56 bits per heavy atom. The number of hydrogen-bond acceptors (Lipinski definition) is 0. The van der Waals surface area contributed by atoms with Crippen molar-refractivity contribution in [3.05, 3.63) is 23.8 Å². The summed E-state index contributed by atoms with van der Waals surface area (Å²) in [6, 6.07) is 0. The first kappa shape index (κ1) is 12.0. The Balaban J connectivity index is 2.66. The Kier molecular flexibility index (Phi) is 2.26. The highest BCUT2D eigenvalue weighted by Gasteiger charge is 2.63. The zero-order valence-corrected chi connectivity index (χ0v) is 11.9. The number of allylic oxidation sites excluding steroid dienone is 4. The highest BCUT2D eigenvalue weighted by molar-refractivity contribution is 5.38. The summed E-state index contributed by atoms with van der Waals surface area (Å²) in [6.45, 7) is 17.0. The van der Waals surface area contributed by atoms with E-state index in [0.717, 1.165) is 0 Å². The molecule has 0 radical (unpaired) electrons. The maximum absolute atomic E-state index is 2.47. The van der Waals surface area contributed by atoms with Gasteiger partial charge in [0.05, 0.1) is 0 Å². The second kappa shape index (κ2) is 3.03. The highest BCUT2D eigenvalue weighted by atomic mass is 14.7. The standard InChI is InChI=1S/C16H26/c1-11-9-8-10-13-12(2)14(3,4)15(5,6)16(11,13)7/h8-12H,1-7H3. The normalized spacial score (nSPS) is 44.1. The molecule has 90 valence electrons. The molecule has 0 N–H and O–H groups in total. The molecule has 1 saturated carbocycles. The van der Waals surface area contributed by atoms with Crippen molar-refractivity contribution in [2.75, 3.05) is 0 Å². The van der Waals surface area contributed by atoms with Crippen LogP contribution in [0.5, 0.6) is 0 Å². The van der Waals surface area contributed by atoms with Crippen LogP contribution in [0.4, 0.5) is 0 Å². The molecule has 0 heterocycles. The molecular weight excluding hydrogens is 192 g/mol. The third-order valence-corrected chi connectivity index (χ3v) is 6.64. The lowest BCUT2D eigenvalue weighted by atomic mass is 9.54. The van der Waals surface area contributed by atoms with E-state index in [4.69, 9.17) is 0 Å². The summed E-state index contributed by atoms with van der Waals surface area (Å²) in [5.74, 6) is 1.33. The second-order valence-electron chi connectivity index (χ2n) is 7.07. The molecule has 2 aliphatic rings. The second-order valence-corrected chi connectivity index (χ2v) is 7.07. The van der Waals surface area contributed by atoms with Gasteiger partial charge in [-0.15, -0.1) is 0 Å². The van der Waals surface area contributed by atoms with E-state index < -0.39 is 0 Å². The number of hydrogen-bond donors (Lipinski definition) is 0. The quantitative estimate of drug-likeness (QED) is 0.546. The monoisotopic (exact) mass is 218 g/mol. The van der Waals surface area contributed by atoms with Gasteiger partial charge in [-0.2, -0.15) is 0 Å². The zero-order valence-electron chi connectivity index (χ0n) is 11.9. The first-order chi connectivity index (χ1) is 7.17. The minimum absolute atomic E-state index is 0.324. The largest absolute Gasteiger partial charge is 0.0808 e. The Labute approximate surface area is 101 Å². The van der Waals surface area contributed by atoms with Gasteiger partial charge in [-0.1, -0.05) is 72.3 Å². The molecule has 3 unspecified atom stereocenters. The van der Waals surface area contributed by atoms with Crippen molar-refractivity contribution in [3.63, 3.8) is 0 Å². The molecule has 0 aliphatic heterocycles. The van der Waals surface area contributed by atoms with E-state index in [0.29, 0.717) is 28.1 Å². The van der Waals surface area contributed by atoms with E-state index in [1.807, 2.05) is 0 Å². The molecule has 0 aromatic heterocycles. The van der Waals surface area contributed by atoms with Gasteiger partial charge in [-0.05, 0) is 22.7 Å². The summed E-state index contributed by atoms with van der Waals surface area (Å²) in [7, 11) is 0. The van der Waals surface area contributed by atoms with Gasteiger partial charge in [-0.25, -0.2) is 0 Å². The van der Waals surface area contributed by atoms with Gasteiger partial charge < -0.3 is 0 Å². The summed E-state index contributed by atoms with van der Waals surface area (Å²) < 4.78 is 0. The van der Waals surface area contributed by atoms with Gasteiger partial charge in [0.15, 0.2) is 0 Å². The topological polar surface area (TPSA) is 0 Å². The molecule has 0 aromatic rings. The molecule has 0 nitrogen and oxygen atoms in total. The van der Waals surface area contributed by atoms with Gasteiger partial charge in [0.1, 0.15) is 0 Å². The average Bonchev–Trinajstić information content (AvgIpc) is 2.29. The number of rotatable bonds is 0. The molecule has 2 rings (SSSR count). The highest BCUT2D eigenvalue weighted by Crippen LogP contribution is 2.70. The van der Waals surface area contributed by atoms with Crippen molar-refractivity contribution in [2.24, 2.45) is 28.1 Å². The summed E-state index contributed by atoms with van der Waals surface area (Å²) in [4.78, 5) is 0. The van der Waals surface area contributed by atoms with Crippen LogP contribution in [0.3, 0.4) is 0 Å². The van der Waals surface area contributed by atoms with Crippen molar-refractivity contribution in [3.8, 4) is 0 Å². The predicted molar refractivity (Wildman–Crippen MR) is 71.2 cm³/mol. The van der Waals surface area contributed by atoms with Crippen molar-refractivity contribution in [1.82, 2.24) is 0 Å². The maximum atomic E-state index is 2.47. The Morgan fingerprint density at radius 1 is 1.00 bits per heavy atom. The van der Waals surface area contributed by atoms with Crippen LogP contribution in [-0.4, -0.2) is 0 Å². The van der Waals surface area contributed by atoms with E-state index in [2.05, 4.69) is 66.7 Å². The smallest absolute Gasteiger partial charge is 0.000618 e. The summed E-state index contributed by atoms with van der Waals surface area (Å²) in [5, 5.41) is 0. The summed E-state index contributed by atoms with van der Waals surface area (Å²) >= 11 is 0. The molecule has 0 amide bonds. The van der Waals surface area contributed by atoms with Crippen molar-refractivity contribution in [2.45, 2.75) is 48.5 Å². The molecule has 0 aromatic carbocycles. The predicted octanol–water partition coefficient (Wildman–Crippen LogP) is 4.83. The van der Waals surface area contributed by atoms with E-state index >= 15 is 0 Å². The lowest BCUT2D eigenvalue weighted by Crippen LogP contribution is -2.43. The minimum Gasteiger partial charge on any atom is -0.0808 e. The molecule has 0 bridgehead atoms. The van der Waals surface area contributed by atoms with Gasteiger partial charge in [-0.3, -0.25) is 0 Å². The van der Waals surface area contributed by atoms with E-state index in [-0.39, 0.29) is 0 Å². The SMILES string of the molecule is CC1C2=CC=CC(C)C2(C)C(C)(C)C1(C)C. The molecule has 2 aliphatic carbocycles. The average molecular weight is 218 g/mol. The first-order valence-corrected chi connectivity index (χ1v) is 6.56. The molecule has 16 heavy (non-hydrogen) atoms. The third kappa shape index (κ3) is 1.02. The van der Waals surface area contributed by atoms with E-state index in [9.17, 15) is 0 Å². The van der Waals surface area contributed by atoms with Crippen LogP contribution in [0.15, 0.2) is 23.8 Å². The van der Waals surface area contributed by atoms with Crippen LogP contribution in [0.2, 0.25) is 0 Å². The third-order valence-electron chi connectivity index (χ3n) is 6.64.